The van der Waals surface area contributed by atoms with Gasteiger partial charge in [-0.05, 0) is 68.8 Å². The Morgan fingerprint density at radius 1 is 1.00 bits per heavy atom. The molecule has 3 rings (SSSR count). The van der Waals surface area contributed by atoms with Crippen molar-refractivity contribution < 1.29 is 0 Å². The third kappa shape index (κ3) is 2.72. The standard InChI is InChI=1S/C18H27N/c1-19(2)16-12-11-15-9-6-10-17(18(15)13-16)14-7-4-3-5-8-14/h6,9-10,14,16H,3-5,7-8,11-13H2,1-2H3/t16-/m1/s1. The Kier molecular flexibility index (Phi) is 3.93. The first-order valence-electron chi connectivity index (χ1n) is 8.03. The van der Waals surface area contributed by atoms with Gasteiger partial charge in [-0.15, -0.1) is 0 Å². The predicted octanol–water partition coefficient (Wildman–Crippen LogP) is 4.15. The lowest BCUT2D eigenvalue weighted by molar-refractivity contribution is 0.266. The lowest BCUT2D eigenvalue weighted by Crippen LogP contribution is -2.34. The maximum atomic E-state index is 2.42. The van der Waals surface area contributed by atoms with E-state index < -0.39 is 0 Å². The van der Waals surface area contributed by atoms with Gasteiger partial charge in [0.2, 0.25) is 0 Å². The molecule has 1 nitrogen and oxygen atoms in total. The summed E-state index contributed by atoms with van der Waals surface area (Å²) in [4.78, 5) is 2.42. The van der Waals surface area contributed by atoms with Crippen LogP contribution in [0.1, 0.15) is 61.1 Å². The van der Waals surface area contributed by atoms with E-state index in [1.54, 1.807) is 16.7 Å². The number of nitrogens with zero attached hydrogens (tertiary/aromatic N) is 1. The topological polar surface area (TPSA) is 3.24 Å². The molecule has 0 amide bonds. The zero-order valence-electron chi connectivity index (χ0n) is 12.5. The van der Waals surface area contributed by atoms with Crippen molar-refractivity contribution in [3.63, 3.8) is 0 Å². The van der Waals surface area contributed by atoms with E-state index >= 15 is 0 Å². The minimum atomic E-state index is 0.747. The molecule has 19 heavy (non-hydrogen) atoms. The molecule has 0 aromatic heterocycles. The second kappa shape index (κ2) is 5.66. The van der Waals surface area contributed by atoms with Crippen LogP contribution >= 0.6 is 0 Å². The van der Waals surface area contributed by atoms with Gasteiger partial charge in [-0.3, -0.25) is 0 Å². The summed E-state index contributed by atoms with van der Waals surface area (Å²) in [6.45, 7) is 0. The van der Waals surface area contributed by atoms with Gasteiger partial charge in [0.05, 0.1) is 0 Å². The Morgan fingerprint density at radius 2 is 1.79 bits per heavy atom. The quantitative estimate of drug-likeness (QED) is 0.769. The van der Waals surface area contributed by atoms with E-state index in [1.165, 1.54) is 51.4 Å². The van der Waals surface area contributed by atoms with Crippen LogP contribution < -0.4 is 0 Å². The third-order valence-corrected chi connectivity index (χ3v) is 5.27. The van der Waals surface area contributed by atoms with Crippen molar-refractivity contribution in [1.29, 1.82) is 0 Å². The normalized spacial score (nSPS) is 24.5. The average molecular weight is 257 g/mol. The minimum absolute atomic E-state index is 0.747. The Bertz CT molecular complexity index is 429. The van der Waals surface area contributed by atoms with Gasteiger partial charge in [0.15, 0.2) is 0 Å². The van der Waals surface area contributed by atoms with Crippen LogP contribution in [-0.4, -0.2) is 25.0 Å². The summed E-state index contributed by atoms with van der Waals surface area (Å²) in [6, 6.07) is 7.84. The molecule has 0 N–H and O–H groups in total. The van der Waals surface area contributed by atoms with E-state index in [1.807, 2.05) is 0 Å². The summed E-state index contributed by atoms with van der Waals surface area (Å²) >= 11 is 0. The van der Waals surface area contributed by atoms with Crippen LogP contribution in [-0.2, 0) is 12.8 Å². The van der Waals surface area contributed by atoms with E-state index in [4.69, 9.17) is 0 Å². The summed E-state index contributed by atoms with van der Waals surface area (Å²) in [5.41, 5.74) is 5.05. The number of hydrogen-bond acceptors (Lipinski definition) is 1. The summed E-state index contributed by atoms with van der Waals surface area (Å²) in [5.74, 6) is 0.851. The molecular formula is C18H27N. The molecule has 1 aromatic carbocycles. The van der Waals surface area contributed by atoms with Crippen LogP contribution in [0.3, 0.4) is 0 Å². The fourth-order valence-corrected chi connectivity index (χ4v) is 4.03. The SMILES string of the molecule is CN(C)[C@@H]1CCc2cccc(C3CCCCC3)c2C1. The number of aryl methyl sites for hydroxylation is 1. The van der Waals surface area contributed by atoms with Gasteiger partial charge in [-0.2, -0.15) is 0 Å². The van der Waals surface area contributed by atoms with Crippen molar-refractivity contribution in [3.05, 3.63) is 34.9 Å². The van der Waals surface area contributed by atoms with Gasteiger partial charge in [0.1, 0.15) is 0 Å². The number of rotatable bonds is 2. The summed E-state index contributed by atoms with van der Waals surface area (Å²) in [7, 11) is 4.47. The molecule has 0 bridgehead atoms. The first kappa shape index (κ1) is 13.2. The highest BCUT2D eigenvalue weighted by atomic mass is 15.1. The van der Waals surface area contributed by atoms with Crippen LogP contribution in [0.5, 0.6) is 0 Å². The van der Waals surface area contributed by atoms with Crippen LogP contribution in [0.4, 0.5) is 0 Å². The Balaban J connectivity index is 1.89. The average Bonchev–Trinajstić information content (AvgIpc) is 2.47. The summed E-state index contributed by atoms with van der Waals surface area (Å²) in [6.07, 6.45) is 11.0. The van der Waals surface area contributed by atoms with Crippen LogP contribution in [0.25, 0.3) is 0 Å². The molecule has 0 aliphatic heterocycles. The maximum Gasteiger partial charge on any atom is 0.0133 e. The lowest BCUT2D eigenvalue weighted by Gasteiger charge is -2.33. The second-order valence-electron chi connectivity index (χ2n) is 6.68. The van der Waals surface area contributed by atoms with Crippen molar-refractivity contribution in [2.45, 2.75) is 63.3 Å². The van der Waals surface area contributed by atoms with E-state index in [9.17, 15) is 0 Å². The number of fused-ring (bicyclic) bond motifs is 1. The predicted molar refractivity (Wildman–Crippen MR) is 81.8 cm³/mol. The molecule has 0 unspecified atom stereocenters. The molecule has 1 heteroatoms. The number of likely N-dealkylation sites (N-methyl/N-ethyl adjacent to an activating group) is 1. The van der Waals surface area contributed by atoms with E-state index in [2.05, 4.69) is 37.2 Å². The van der Waals surface area contributed by atoms with Gasteiger partial charge < -0.3 is 4.90 Å². The zero-order chi connectivity index (χ0) is 13.2. The van der Waals surface area contributed by atoms with Gasteiger partial charge in [-0.1, -0.05) is 37.5 Å². The second-order valence-corrected chi connectivity index (χ2v) is 6.68. The van der Waals surface area contributed by atoms with Gasteiger partial charge in [0.25, 0.3) is 0 Å². The number of hydrogen-bond donors (Lipinski definition) is 0. The molecule has 0 heterocycles. The largest absolute Gasteiger partial charge is 0.306 e. The lowest BCUT2D eigenvalue weighted by atomic mass is 9.77. The van der Waals surface area contributed by atoms with Crippen molar-refractivity contribution >= 4 is 0 Å². The highest BCUT2D eigenvalue weighted by molar-refractivity contribution is 5.40. The van der Waals surface area contributed by atoms with E-state index in [0.717, 1.165) is 12.0 Å². The molecule has 1 saturated carbocycles. The molecule has 1 fully saturated rings. The van der Waals surface area contributed by atoms with E-state index in [-0.39, 0.29) is 0 Å². The third-order valence-electron chi connectivity index (χ3n) is 5.27. The van der Waals surface area contributed by atoms with Crippen molar-refractivity contribution in [3.8, 4) is 0 Å². The molecule has 2 aliphatic carbocycles. The smallest absolute Gasteiger partial charge is 0.0133 e. The van der Waals surface area contributed by atoms with Gasteiger partial charge in [0, 0.05) is 6.04 Å². The van der Waals surface area contributed by atoms with Gasteiger partial charge in [-0.25, -0.2) is 0 Å². The van der Waals surface area contributed by atoms with Crippen molar-refractivity contribution in [1.82, 2.24) is 4.90 Å². The Hall–Kier alpha value is -0.820. The molecular weight excluding hydrogens is 230 g/mol. The molecule has 2 aliphatic rings. The molecule has 1 aromatic rings. The molecule has 1 atom stereocenters. The van der Waals surface area contributed by atoms with Crippen molar-refractivity contribution in [2.24, 2.45) is 0 Å². The van der Waals surface area contributed by atoms with E-state index in [0.29, 0.717) is 0 Å². The molecule has 0 saturated heterocycles. The maximum absolute atomic E-state index is 2.42. The molecule has 0 radical (unpaired) electrons. The fraction of sp³-hybridized carbons (Fsp3) is 0.667. The first-order valence-corrected chi connectivity index (χ1v) is 8.03. The molecule has 104 valence electrons. The first-order chi connectivity index (χ1) is 9.25. The fourth-order valence-electron chi connectivity index (χ4n) is 4.03. The summed E-state index contributed by atoms with van der Waals surface area (Å²) < 4.78 is 0. The minimum Gasteiger partial charge on any atom is -0.306 e. The highest BCUT2D eigenvalue weighted by Crippen LogP contribution is 2.37. The molecule has 0 spiro atoms. The van der Waals surface area contributed by atoms with Crippen LogP contribution in [0.2, 0.25) is 0 Å². The van der Waals surface area contributed by atoms with Crippen LogP contribution in [0, 0.1) is 0 Å². The zero-order valence-corrected chi connectivity index (χ0v) is 12.5. The monoisotopic (exact) mass is 257 g/mol. The number of benzene rings is 1. The van der Waals surface area contributed by atoms with Gasteiger partial charge >= 0.3 is 0 Å². The Morgan fingerprint density at radius 3 is 2.53 bits per heavy atom. The Labute approximate surface area is 118 Å². The van der Waals surface area contributed by atoms with Crippen LogP contribution in [0.15, 0.2) is 18.2 Å². The van der Waals surface area contributed by atoms with Crippen molar-refractivity contribution in [2.75, 3.05) is 14.1 Å². The highest BCUT2D eigenvalue weighted by Gasteiger charge is 2.25. The summed E-state index contributed by atoms with van der Waals surface area (Å²) in [5, 5.41) is 0.